The normalized spacial score (nSPS) is 14.4. The number of benzene rings is 1. The highest BCUT2D eigenvalue weighted by Gasteiger charge is 2.26. The molecule has 0 spiro atoms. The van der Waals surface area contributed by atoms with Crippen molar-refractivity contribution >= 4 is 24.0 Å². The highest BCUT2D eigenvalue weighted by atomic mass is 35.5. The van der Waals surface area contributed by atoms with Gasteiger partial charge in [-0.1, -0.05) is 25.4 Å². The van der Waals surface area contributed by atoms with Gasteiger partial charge < -0.3 is 10.8 Å². The summed E-state index contributed by atoms with van der Waals surface area (Å²) in [5, 5.41) is 9.35. The van der Waals surface area contributed by atoms with E-state index in [2.05, 4.69) is 0 Å². The Bertz CT molecular complexity index is 388. The third-order valence-corrected chi connectivity index (χ3v) is 2.85. The number of aliphatic hydroxyl groups excluding tert-OH is 1. The number of hydrogen-bond acceptors (Lipinski definition) is 2. The van der Waals surface area contributed by atoms with Gasteiger partial charge in [-0.05, 0) is 18.1 Å². The van der Waals surface area contributed by atoms with Gasteiger partial charge in [0.05, 0.1) is 17.2 Å². The van der Waals surface area contributed by atoms with Crippen LogP contribution in [0.1, 0.15) is 25.5 Å². The van der Waals surface area contributed by atoms with Crippen molar-refractivity contribution in [3.05, 3.63) is 34.4 Å². The highest BCUT2D eigenvalue weighted by Crippen LogP contribution is 2.30. The van der Waals surface area contributed by atoms with Gasteiger partial charge in [-0.15, -0.1) is 12.4 Å². The van der Waals surface area contributed by atoms with E-state index in [9.17, 15) is 13.9 Å². The van der Waals surface area contributed by atoms with E-state index in [1.54, 1.807) is 13.8 Å². The van der Waals surface area contributed by atoms with Gasteiger partial charge in [0, 0.05) is 5.56 Å². The Morgan fingerprint density at radius 1 is 1.24 bits per heavy atom. The van der Waals surface area contributed by atoms with Gasteiger partial charge in [0.2, 0.25) is 0 Å². The van der Waals surface area contributed by atoms with Gasteiger partial charge in [0.15, 0.2) is 0 Å². The third-order valence-electron chi connectivity index (χ3n) is 2.46. The molecule has 0 amide bonds. The molecule has 3 N–H and O–H groups in total. The molecular weight excluding hydrogens is 271 g/mol. The van der Waals surface area contributed by atoms with E-state index in [-0.39, 0.29) is 28.9 Å². The van der Waals surface area contributed by atoms with Crippen LogP contribution in [0.4, 0.5) is 8.78 Å². The van der Waals surface area contributed by atoms with E-state index < -0.39 is 23.8 Å². The van der Waals surface area contributed by atoms with Gasteiger partial charge >= 0.3 is 0 Å². The molecule has 0 aromatic heterocycles. The van der Waals surface area contributed by atoms with Crippen molar-refractivity contribution in [3.63, 3.8) is 0 Å². The fourth-order valence-corrected chi connectivity index (χ4v) is 1.71. The van der Waals surface area contributed by atoms with Crippen molar-refractivity contribution < 1.29 is 13.9 Å². The molecule has 6 heteroatoms. The predicted octanol–water partition coefficient (Wildman–Crippen LogP) is 3.06. The second-order valence-corrected chi connectivity index (χ2v) is 4.40. The van der Waals surface area contributed by atoms with Crippen molar-refractivity contribution in [2.45, 2.75) is 26.0 Å². The Kier molecular flexibility index (Phi) is 6.34. The van der Waals surface area contributed by atoms with Crippen molar-refractivity contribution in [2.75, 3.05) is 0 Å². The largest absolute Gasteiger partial charge is 0.391 e. The van der Waals surface area contributed by atoms with Crippen LogP contribution < -0.4 is 5.73 Å². The Morgan fingerprint density at radius 3 is 2.18 bits per heavy atom. The number of halogens is 4. The molecular formula is C11H15Cl2F2NO. The summed E-state index contributed by atoms with van der Waals surface area (Å²) in [6, 6.07) is 0.835. The van der Waals surface area contributed by atoms with Gasteiger partial charge in [0.25, 0.3) is 0 Å². The van der Waals surface area contributed by atoms with Crippen LogP contribution in [0.15, 0.2) is 12.1 Å². The van der Waals surface area contributed by atoms with Crippen LogP contribution in [0.2, 0.25) is 5.02 Å². The number of rotatable bonds is 3. The lowest BCUT2D eigenvalue weighted by Crippen LogP contribution is -2.31. The molecule has 0 aliphatic heterocycles. The van der Waals surface area contributed by atoms with E-state index in [1.807, 2.05) is 0 Å². The minimum atomic E-state index is -1.04. The molecule has 1 rings (SSSR count). The third kappa shape index (κ3) is 3.52. The fourth-order valence-electron chi connectivity index (χ4n) is 1.43. The Morgan fingerprint density at radius 2 is 1.71 bits per heavy atom. The minimum Gasteiger partial charge on any atom is -0.391 e. The van der Waals surface area contributed by atoms with Crippen molar-refractivity contribution in [1.29, 1.82) is 0 Å². The molecule has 17 heavy (non-hydrogen) atoms. The summed E-state index contributed by atoms with van der Waals surface area (Å²) in [5.41, 5.74) is 5.49. The second kappa shape index (κ2) is 6.50. The maximum Gasteiger partial charge on any atom is 0.142 e. The summed E-state index contributed by atoms with van der Waals surface area (Å²) in [6.07, 6.45) is -0.978. The van der Waals surface area contributed by atoms with E-state index in [4.69, 9.17) is 17.3 Å². The molecule has 0 bridgehead atoms. The van der Waals surface area contributed by atoms with Crippen LogP contribution in [0.3, 0.4) is 0 Å². The molecule has 0 radical (unpaired) electrons. The Balaban J connectivity index is 0.00000256. The van der Waals surface area contributed by atoms with Crippen LogP contribution in [0, 0.1) is 17.6 Å². The first-order valence-corrected chi connectivity index (χ1v) is 5.31. The average molecular weight is 286 g/mol. The number of aliphatic hydroxyl groups is 1. The average Bonchev–Trinajstić information content (AvgIpc) is 2.22. The second-order valence-electron chi connectivity index (χ2n) is 4.02. The molecule has 1 aromatic rings. The zero-order chi connectivity index (χ0) is 12.5. The van der Waals surface area contributed by atoms with Crippen molar-refractivity contribution in [3.8, 4) is 0 Å². The van der Waals surface area contributed by atoms with Gasteiger partial charge in [-0.25, -0.2) is 8.78 Å². The Labute approximate surface area is 110 Å². The molecule has 0 heterocycles. The van der Waals surface area contributed by atoms with Gasteiger partial charge in [-0.3, -0.25) is 0 Å². The topological polar surface area (TPSA) is 46.2 Å². The first-order valence-electron chi connectivity index (χ1n) is 4.93. The molecule has 0 saturated carbocycles. The lowest BCUT2D eigenvalue weighted by atomic mass is 9.94. The van der Waals surface area contributed by atoms with Crippen LogP contribution in [-0.2, 0) is 0 Å². The van der Waals surface area contributed by atoms with Gasteiger partial charge in [-0.2, -0.15) is 0 Å². The smallest absolute Gasteiger partial charge is 0.142 e. The molecule has 2 nitrogen and oxygen atoms in total. The molecule has 0 aliphatic carbocycles. The zero-order valence-corrected chi connectivity index (χ0v) is 11.0. The summed E-state index contributed by atoms with van der Waals surface area (Å²) >= 11 is 5.64. The Hall–Kier alpha value is -0.420. The van der Waals surface area contributed by atoms with E-state index in [0.29, 0.717) is 0 Å². The van der Waals surface area contributed by atoms with Crippen LogP contribution in [0.5, 0.6) is 0 Å². The molecule has 0 saturated heterocycles. The SMILES string of the molecule is CC(C)[C@H](O)[C@H](N)c1c(F)ccc(F)c1Cl.Cl. The van der Waals surface area contributed by atoms with Crippen molar-refractivity contribution in [2.24, 2.45) is 11.7 Å². The fraction of sp³-hybridized carbons (Fsp3) is 0.455. The molecule has 1 aromatic carbocycles. The first kappa shape index (κ1) is 16.6. The lowest BCUT2D eigenvalue weighted by molar-refractivity contribution is 0.0965. The molecule has 0 unspecified atom stereocenters. The van der Waals surface area contributed by atoms with E-state index in [1.165, 1.54) is 0 Å². The van der Waals surface area contributed by atoms with Crippen LogP contribution >= 0.6 is 24.0 Å². The van der Waals surface area contributed by atoms with Crippen LogP contribution in [0.25, 0.3) is 0 Å². The zero-order valence-electron chi connectivity index (χ0n) is 9.45. The maximum absolute atomic E-state index is 13.5. The summed E-state index contributed by atoms with van der Waals surface area (Å²) < 4.78 is 26.6. The van der Waals surface area contributed by atoms with E-state index in [0.717, 1.165) is 12.1 Å². The number of hydrogen-bond donors (Lipinski definition) is 2. The van der Waals surface area contributed by atoms with Crippen LogP contribution in [-0.4, -0.2) is 11.2 Å². The lowest BCUT2D eigenvalue weighted by Gasteiger charge is -2.23. The molecule has 2 atom stereocenters. The summed E-state index contributed by atoms with van der Waals surface area (Å²) in [4.78, 5) is 0. The van der Waals surface area contributed by atoms with Crippen molar-refractivity contribution in [1.82, 2.24) is 0 Å². The monoisotopic (exact) mass is 285 g/mol. The van der Waals surface area contributed by atoms with Gasteiger partial charge in [0.1, 0.15) is 11.6 Å². The maximum atomic E-state index is 13.5. The standard InChI is InChI=1S/C11H14ClF2NO.ClH/c1-5(2)11(16)10(15)8-6(13)3-4-7(14)9(8)12;/h3-5,10-11,16H,15H2,1-2H3;1H/t10-,11+;/m1./s1. The minimum absolute atomic E-state index is 0. The summed E-state index contributed by atoms with van der Waals surface area (Å²) in [5.74, 6) is -1.63. The predicted molar refractivity (Wildman–Crippen MR) is 66.4 cm³/mol. The summed E-state index contributed by atoms with van der Waals surface area (Å²) in [7, 11) is 0. The molecule has 0 fully saturated rings. The quantitative estimate of drug-likeness (QED) is 0.839. The molecule has 98 valence electrons. The van der Waals surface area contributed by atoms with E-state index >= 15 is 0 Å². The molecule has 0 aliphatic rings. The summed E-state index contributed by atoms with van der Waals surface area (Å²) in [6.45, 7) is 3.46. The number of nitrogens with two attached hydrogens (primary N) is 1. The first-order chi connectivity index (χ1) is 7.36. The highest BCUT2D eigenvalue weighted by molar-refractivity contribution is 6.31.